The summed E-state index contributed by atoms with van der Waals surface area (Å²) in [6, 6.07) is 0. The van der Waals surface area contributed by atoms with Crippen molar-refractivity contribution in [1.29, 1.82) is 0 Å². The lowest BCUT2D eigenvalue weighted by molar-refractivity contribution is -0.929. The molecule has 222 valence electrons. The summed E-state index contributed by atoms with van der Waals surface area (Å²) in [6.07, 6.45) is 24.2. The van der Waals surface area contributed by atoms with Crippen LogP contribution in [0, 0.1) is 0 Å². The van der Waals surface area contributed by atoms with Gasteiger partial charge in [-0.25, -0.2) is 0 Å². The molecule has 0 radical (unpaired) electrons. The average molecular weight is 540 g/mol. The molecule has 7 heteroatoms. The first-order chi connectivity index (χ1) is 18.3. The van der Waals surface area contributed by atoms with Crippen LogP contribution in [0.1, 0.15) is 142 Å². The molecular formula is C31H57NO6. The van der Waals surface area contributed by atoms with Gasteiger partial charge >= 0.3 is 11.9 Å². The Morgan fingerprint density at radius 3 is 1.34 bits per heavy atom. The van der Waals surface area contributed by atoms with E-state index in [2.05, 4.69) is 19.1 Å². The van der Waals surface area contributed by atoms with Gasteiger partial charge in [-0.3, -0.25) is 9.59 Å². The van der Waals surface area contributed by atoms with Crippen molar-refractivity contribution < 1.29 is 34.2 Å². The van der Waals surface area contributed by atoms with Gasteiger partial charge in [0.2, 0.25) is 0 Å². The standard InChI is InChI=1S/C31H57NO6/c1-2-3-4-5-6-7-8-9-10-11-12-13-14-18-25-32(26-19-15-22-29(33)34,27-20-16-23-30(35)36)28-21-17-24-31(37)38/h5-6H,2-4,7-28H2,1H3,(H2-,33,34,35,36,37,38)/b6-5+. The minimum atomic E-state index is -1.02. The number of allylic oxidation sites excluding steroid dienone is 2. The van der Waals surface area contributed by atoms with E-state index in [-0.39, 0.29) is 19.3 Å². The zero-order chi connectivity index (χ0) is 28.3. The molecule has 0 fully saturated rings. The van der Waals surface area contributed by atoms with E-state index in [0.29, 0.717) is 19.3 Å². The van der Waals surface area contributed by atoms with Crippen molar-refractivity contribution in [3.8, 4) is 0 Å². The topological polar surface area (TPSA) is 115 Å². The highest BCUT2D eigenvalue weighted by molar-refractivity contribution is 5.66. The second-order valence-corrected chi connectivity index (χ2v) is 11.0. The van der Waals surface area contributed by atoms with Gasteiger partial charge in [-0.15, -0.1) is 0 Å². The Bertz CT molecular complexity index is 579. The number of carboxylic acid groups (broad SMARTS) is 3. The predicted octanol–water partition coefficient (Wildman–Crippen LogP) is 6.49. The summed E-state index contributed by atoms with van der Waals surface area (Å²) in [5.41, 5.74) is 0. The van der Waals surface area contributed by atoms with E-state index in [1.54, 1.807) is 0 Å². The van der Waals surface area contributed by atoms with E-state index < -0.39 is 17.9 Å². The van der Waals surface area contributed by atoms with E-state index in [1.165, 1.54) is 70.6 Å². The Balaban J connectivity index is 4.55. The predicted molar refractivity (Wildman–Crippen MR) is 152 cm³/mol. The van der Waals surface area contributed by atoms with Gasteiger partial charge in [-0.2, -0.15) is 0 Å². The lowest BCUT2D eigenvalue weighted by Gasteiger charge is -2.39. The van der Waals surface area contributed by atoms with Crippen LogP contribution in [0.15, 0.2) is 12.2 Å². The van der Waals surface area contributed by atoms with E-state index in [0.717, 1.165) is 56.3 Å². The molecule has 0 amide bonds. The largest absolute Gasteiger partial charge is 0.550 e. The number of nitrogens with zero attached hydrogens (tertiary/aromatic N) is 1. The van der Waals surface area contributed by atoms with Crippen molar-refractivity contribution in [3.05, 3.63) is 12.2 Å². The van der Waals surface area contributed by atoms with Gasteiger partial charge in [0.25, 0.3) is 0 Å². The number of hydrogen-bond donors (Lipinski definition) is 2. The number of unbranched alkanes of at least 4 members (excludes halogenated alkanes) is 13. The molecule has 0 bridgehead atoms. The average Bonchev–Trinajstić information content (AvgIpc) is 2.87. The molecule has 0 spiro atoms. The van der Waals surface area contributed by atoms with Crippen molar-refractivity contribution in [3.63, 3.8) is 0 Å². The van der Waals surface area contributed by atoms with Gasteiger partial charge in [0.05, 0.1) is 26.2 Å². The normalized spacial score (nSPS) is 11.8. The van der Waals surface area contributed by atoms with Gasteiger partial charge in [0.1, 0.15) is 0 Å². The van der Waals surface area contributed by atoms with E-state index in [4.69, 9.17) is 10.2 Å². The molecule has 0 aromatic carbocycles. The maximum atomic E-state index is 11.0. The summed E-state index contributed by atoms with van der Waals surface area (Å²) in [6.45, 7) is 5.83. The summed E-state index contributed by atoms with van der Waals surface area (Å²) in [5, 5.41) is 28.9. The first kappa shape index (κ1) is 36.1. The third-order valence-electron chi connectivity index (χ3n) is 7.45. The molecule has 7 nitrogen and oxygen atoms in total. The first-order valence-corrected chi connectivity index (χ1v) is 15.4. The molecule has 0 aliphatic rings. The van der Waals surface area contributed by atoms with Crippen LogP contribution in [-0.4, -0.2) is 58.8 Å². The monoisotopic (exact) mass is 539 g/mol. The molecule has 0 aromatic heterocycles. The third kappa shape index (κ3) is 24.4. The zero-order valence-corrected chi connectivity index (χ0v) is 24.3. The fourth-order valence-corrected chi connectivity index (χ4v) is 5.16. The van der Waals surface area contributed by atoms with E-state index in [9.17, 15) is 19.5 Å². The first-order valence-electron chi connectivity index (χ1n) is 15.4. The van der Waals surface area contributed by atoms with Crippen LogP contribution in [0.5, 0.6) is 0 Å². The summed E-state index contributed by atoms with van der Waals surface area (Å²) >= 11 is 0. The van der Waals surface area contributed by atoms with Crippen molar-refractivity contribution in [2.24, 2.45) is 0 Å². The highest BCUT2D eigenvalue weighted by Crippen LogP contribution is 2.19. The summed E-state index contributed by atoms with van der Waals surface area (Å²) < 4.78 is 0.845. The van der Waals surface area contributed by atoms with Crippen molar-refractivity contribution >= 4 is 17.9 Å². The van der Waals surface area contributed by atoms with Gasteiger partial charge < -0.3 is 24.6 Å². The molecule has 0 aromatic rings. The smallest absolute Gasteiger partial charge is 0.303 e. The lowest BCUT2D eigenvalue weighted by atomic mass is 10.0. The van der Waals surface area contributed by atoms with Gasteiger partial charge in [-0.1, -0.05) is 64.0 Å². The lowest BCUT2D eigenvalue weighted by Crippen LogP contribution is -2.51. The molecule has 38 heavy (non-hydrogen) atoms. The number of quaternary nitrogens is 1. The molecule has 0 aliphatic carbocycles. The molecule has 0 aliphatic heterocycles. The van der Waals surface area contributed by atoms with Crippen LogP contribution in [0.2, 0.25) is 0 Å². The highest BCUT2D eigenvalue weighted by atomic mass is 16.4. The van der Waals surface area contributed by atoms with E-state index in [1.807, 2.05) is 0 Å². The Labute approximate surface area is 232 Å². The molecule has 0 rings (SSSR count). The van der Waals surface area contributed by atoms with Crippen LogP contribution in [-0.2, 0) is 14.4 Å². The molecule has 0 heterocycles. The minimum Gasteiger partial charge on any atom is -0.550 e. The third-order valence-corrected chi connectivity index (χ3v) is 7.45. The second kappa shape index (κ2) is 25.4. The number of rotatable bonds is 29. The highest BCUT2D eigenvalue weighted by Gasteiger charge is 2.26. The summed E-state index contributed by atoms with van der Waals surface area (Å²) in [7, 11) is 0. The molecule has 0 unspecified atom stereocenters. The number of hydrogen-bond acceptors (Lipinski definition) is 4. The van der Waals surface area contributed by atoms with Gasteiger partial charge in [0.15, 0.2) is 0 Å². The Morgan fingerprint density at radius 2 is 0.921 bits per heavy atom. The summed E-state index contributed by atoms with van der Waals surface area (Å²) in [4.78, 5) is 32.8. The molecule has 0 atom stereocenters. The second-order valence-electron chi connectivity index (χ2n) is 11.0. The molecular weight excluding hydrogens is 482 g/mol. The molecule has 0 saturated carbocycles. The zero-order valence-electron chi connectivity index (χ0n) is 24.3. The Hall–Kier alpha value is -1.89. The number of carbonyl (C=O) groups is 3. The van der Waals surface area contributed by atoms with Crippen molar-refractivity contribution in [2.75, 3.05) is 26.2 Å². The van der Waals surface area contributed by atoms with Crippen LogP contribution < -0.4 is 5.11 Å². The maximum Gasteiger partial charge on any atom is 0.303 e. The van der Waals surface area contributed by atoms with Crippen LogP contribution in [0.4, 0.5) is 0 Å². The molecule has 0 saturated heterocycles. The van der Waals surface area contributed by atoms with E-state index >= 15 is 0 Å². The Morgan fingerprint density at radius 1 is 0.553 bits per heavy atom. The fourth-order valence-electron chi connectivity index (χ4n) is 5.16. The van der Waals surface area contributed by atoms with Crippen LogP contribution in [0.3, 0.4) is 0 Å². The van der Waals surface area contributed by atoms with Gasteiger partial charge in [0, 0.05) is 18.8 Å². The summed E-state index contributed by atoms with van der Waals surface area (Å²) in [5.74, 6) is -2.57. The number of aliphatic carboxylic acids is 3. The fraction of sp³-hybridized carbons (Fsp3) is 0.839. The molecule has 2 N–H and O–H groups in total. The maximum absolute atomic E-state index is 11.0. The van der Waals surface area contributed by atoms with Crippen molar-refractivity contribution in [2.45, 2.75) is 142 Å². The number of carbonyl (C=O) groups excluding carboxylic acids is 1. The Kier molecular flexibility index (Phi) is 24.1. The number of carboxylic acids is 3. The quantitative estimate of drug-likeness (QED) is 0.0638. The van der Waals surface area contributed by atoms with Crippen molar-refractivity contribution in [1.82, 2.24) is 0 Å². The van der Waals surface area contributed by atoms with Gasteiger partial charge in [-0.05, 0) is 77.0 Å². The minimum absolute atomic E-state index is 0.0627. The van der Waals surface area contributed by atoms with Crippen LogP contribution in [0.25, 0.3) is 0 Å². The SMILES string of the molecule is CCCC/C=C/CCCCCCCCCC[N+](CCCCC(=O)[O-])(CCCCC(=O)O)CCCCC(=O)O. The van der Waals surface area contributed by atoms with Crippen LogP contribution >= 0.6 is 0 Å².